The molecule has 0 fully saturated rings. The van der Waals surface area contributed by atoms with E-state index < -0.39 is 0 Å². The predicted molar refractivity (Wildman–Crippen MR) is 52.6 cm³/mol. The van der Waals surface area contributed by atoms with E-state index in [1.807, 2.05) is 6.92 Å². The SMILES string of the molecule is CCNC#CNCCCN(C)C. The summed E-state index contributed by atoms with van der Waals surface area (Å²) in [6.45, 7) is 4.99. The third-order valence-electron chi connectivity index (χ3n) is 1.32. The van der Waals surface area contributed by atoms with Crippen molar-refractivity contribution in [2.45, 2.75) is 13.3 Å². The zero-order valence-corrected chi connectivity index (χ0v) is 8.28. The minimum atomic E-state index is 0.895. The molecule has 3 nitrogen and oxygen atoms in total. The van der Waals surface area contributed by atoms with E-state index in [1.54, 1.807) is 0 Å². The summed E-state index contributed by atoms with van der Waals surface area (Å²) >= 11 is 0. The van der Waals surface area contributed by atoms with Gasteiger partial charge in [-0.1, -0.05) is 0 Å². The quantitative estimate of drug-likeness (QED) is 0.346. The van der Waals surface area contributed by atoms with Gasteiger partial charge in [-0.05, 0) is 34.0 Å². The molecular weight excluding hydrogens is 150 g/mol. The van der Waals surface area contributed by atoms with Crippen molar-refractivity contribution in [2.75, 3.05) is 33.7 Å². The molecule has 0 aliphatic rings. The van der Waals surface area contributed by atoms with Gasteiger partial charge in [-0.25, -0.2) is 0 Å². The summed E-state index contributed by atoms with van der Waals surface area (Å²) in [7, 11) is 4.15. The second kappa shape index (κ2) is 8.22. The van der Waals surface area contributed by atoms with Gasteiger partial charge in [-0.2, -0.15) is 0 Å². The molecule has 0 radical (unpaired) electrons. The Hall–Kier alpha value is -0.880. The van der Waals surface area contributed by atoms with E-state index in [0.29, 0.717) is 0 Å². The third-order valence-corrected chi connectivity index (χ3v) is 1.32. The smallest absolute Gasteiger partial charge is 0.0276 e. The van der Waals surface area contributed by atoms with Gasteiger partial charge in [-0.3, -0.25) is 0 Å². The van der Waals surface area contributed by atoms with Crippen LogP contribution in [0.3, 0.4) is 0 Å². The fourth-order valence-electron chi connectivity index (χ4n) is 0.723. The fraction of sp³-hybridized carbons (Fsp3) is 0.778. The van der Waals surface area contributed by atoms with Crippen molar-refractivity contribution < 1.29 is 0 Å². The normalized spacial score (nSPS) is 9.00. The summed E-state index contributed by atoms with van der Waals surface area (Å²) in [5, 5.41) is 5.94. The topological polar surface area (TPSA) is 27.3 Å². The van der Waals surface area contributed by atoms with Gasteiger partial charge in [0.15, 0.2) is 0 Å². The molecule has 0 heterocycles. The fourth-order valence-corrected chi connectivity index (χ4v) is 0.723. The van der Waals surface area contributed by atoms with E-state index in [-0.39, 0.29) is 0 Å². The van der Waals surface area contributed by atoms with Crippen LogP contribution in [0.1, 0.15) is 13.3 Å². The average Bonchev–Trinajstić information content (AvgIpc) is 2.02. The Morgan fingerprint density at radius 1 is 1.17 bits per heavy atom. The van der Waals surface area contributed by atoms with Gasteiger partial charge in [-0.15, -0.1) is 0 Å². The van der Waals surface area contributed by atoms with Crippen molar-refractivity contribution in [3.05, 3.63) is 0 Å². The van der Waals surface area contributed by atoms with Crippen molar-refractivity contribution in [1.29, 1.82) is 0 Å². The van der Waals surface area contributed by atoms with Crippen LogP contribution in [0.25, 0.3) is 0 Å². The highest BCUT2D eigenvalue weighted by Crippen LogP contribution is 1.78. The van der Waals surface area contributed by atoms with Gasteiger partial charge in [0.25, 0.3) is 0 Å². The van der Waals surface area contributed by atoms with Crippen molar-refractivity contribution in [1.82, 2.24) is 15.5 Å². The monoisotopic (exact) mass is 169 g/mol. The number of hydrogen-bond acceptors (Lipinski definition) is 3. The second-order valence-corrected chi connectivity index (χ2v) is 2.86. The molecule has 2 N–H and O–H groups in total. The lowest BCUT2D eigenvalue weighted by Gasteiger charge is -2.07. The van der Waals surface area contributed by atoms with Gasteiger partial charge in [0, 0.05) is 25.2 Å². The van der Waals surface area contributed by atoms with E-state index in [0.717, 1.165) is 26.1 Å². The molecule has 0 aromatic rings. The van der Waals surface area contributed by atoms with Gasteiger partial charge in [0.1, 0.15) is 0 Å². The first kappa shape index (κ1) is 11.1. The van der Waals surface area contributed by atoms with Crippen LogP contribution in [-0.2, 0) is 0 Å². The summed E-state index contributed by atoms with van der Waals surface area (Å²) in [5.74, 6) is 0. The van der Waals surface area contributed by atoms with Crippen molar-refractivity contribution in [3.63, 3.8) is 0 Å². The molecule has 70 valence electrons. The second-order valence-electron chi connectivity index (χ2n) is 2.86. The van der Waals surface area contributed by atoms with Crippen molar-refractivity contribution in [3.8, 4) is 12.1 Å². The molecule has 0 saturated carbocycles. The van der Waals surface area contributed by atoms with Crippen molar-refractivity contribution in [2.24, 2.45) is 0 Å². The van der Waals surface area contributed by atoms with Crippen molar-refractivity contribution >= 4 is 0 Å². The summed E-state index contributed by atoms with van der Waals surface area (Å²) in [5.41, 5.74) is 0. The summed E-state index contributed by atoms with van der Waals surface area (Å²) in [6, 6.07) is 5.63. The molecule has 0 aromatic heterocycles. The lowest BCUT2D eigenvalue weighted by atomic mass is 10.4. The predicted octanol–water partition coefficient (Wildman–Crippen LogP) is 0.0556. The summed E-state index contributed by atoms with van der Waals surface area (Å²) < 4.78 is 0. The molecule has 0 aliphatic heterocycles. The van der Waals surface area contributed by atoms with Crippen LogP contribution in [0.15, 0.2) is 0 Å². The molecule has 0 amide bonds. The summed E-state index contributed by atoms with van der Waals surface area (Å²) in [6.07, 6.45) is 1.13. The molecule has 0 unspecified atom stereocenters. The maximum Gasteiger partial charge on any atom is 0.0276 e. The average molecular weight is 169 g/mol. The van der Waals surface area contributed by atoms with Gasteiger partial charge < -0.3 is 15.5 Å². The number of nitrogens with zero attached hydrogens (tertiary/aromatic N) is 1. The number of nitrogens with one attached hydrogen (secondary N) is 2. The van der Waals surface area contributed by atoms with Crippen LogP contribution in [0.2, 0.25) is 0 Å². The van der Waals surface area contributed by atoms with E-state index >= 15 is 0 Å². The summed E-state index contributed by atoms with van der Waals surface area (Å²) in [4.78, 5) is 2.17. The highest BCUT2D eigenvalue weighted by Gasteiger charge is 1.87. The van der Waals surface area contributed by atoms with Crippen LogP contribution in [-0.4, -0.2) is 38.6 Å². The first-order valence-corrected chi connectivity index (χ1v) is 4.37. The molecule has 0 spiro atoms. The van der Waals surface area contributed by atoms with Crippen LogP contribution >= 0.6 is 0 Å². The Labute approximate surface area is 75.5 Å². The van der Waals surface area contributed by atoms with Crippen LogP contribution in [0.4, 0.5) is 0 Å². The van der Waals surface area contributed by atoms with Crippen LogP contribution in [0.5, 0.6) is 0 Å². The number of hydrogen-bond donors (Lipinski definition) is 2. The molecule has 0 saturated heterocycles. The molecule has 12 heavy (non-hydrogen) atoms. The molecule has 0 aliphatic carbocycles. The Morgan fingerprint density at radius 3 is 2.42 bits per heavy atom. The highest BCUT2D eigenvalue weighted by atomic mass is 15.0. The minimum absolute atomic E-state index is 0.895. The Kier molecular flexibility index (Phi) is 7.62. The van der Waals surface area contributed by atoms with E-state index in [4.69, 9.17) is 0 Å². The minimum Gasteiger partial charge on any atom is -0.345 e. The third kappa shape index (κ3) is 9.12. The first-order valence-electron chi connectivity index (χ1n) is 4.37. The van der Waals surface area contributed by atoms with E-state index in [2.05, 4.69) is 41.7 Å². The zero-order chi connectivity index (χ0) is 9.23. The maximum absolute atomic E-state index is 3.03. The molecule has 3 heteroatoms. The van der Waals surface area contributed by atoms with Crippen LogP contribution < -0.4 is 10.6 Å². The van der Waals surface area contributed by atoms with Gasteiger partial charge in [0.2, 0.25) is 0 Å². The largest absolute Gasteiger partial charge is 0.345 e. The zero-order valence-electron chi connectivity index (χ0n) is 8.28. The van der Waals surface area contributed by atoms with Crippen LogP contribution in [0, 0.1) is 12.1 Å². The number of rotatable bonds is 5. The standard InChI is InChI=1S/C9H19N3/c1-4-10-7-8-11-6-5-9-12(2)3/h10-11H,4-6,9H2,1-3H3. The highest BCUT2D eigenvalue weighted by molar-refractivity contribution is 4.93. The lowest BCUT2D eigenvalue weighted by molar-refractivity contribution is 0.399. The van der Waals surface area contributed by atoms with E-state index in [9.17, 15) is 0 Å². The molecular formula is C9H19N3. The Bertz CT molecular complexity index is 144. The Balaban J connectivity index is 3.06. The molecule has 0 rings (SSSR count). The Morgan fingerprint density at radius 2 is 1.83 bits per heavy atom. The first-order chi connectivity index (χ1) is 5.77. The van der Waals surface area contributed by atoms with Gasteiger partial charge >= 0.3 is 0 Å². The molecule has 0 bridgehead atoms. The molecule has 0 atom stereocenters. The molecule has 0 aromatic carbocycles. The lowest BCUT2D eigenvalue weighted by Crippen LogP contribution is -2.18. The van der Waals surface area contributed by atoms with E-state index in [1.165, 1.54) is 0 Å². The maximum atomic E-state index is 3.03. The van der Waals surface area contributed by atoms with Gasteiger partial charge in [0.05, 0.1) is 0 Å².